The molecule has 0 bridgehead atoms. The van der Waals surface area contributed by atoms with E-state index >= 15 is 0 Å². The number of nitrogens with zero attached hydrogens (tertiary/aromatic N) is 3. The van der Waals surface area contributed by atoms with E-state index in [1.54, 1.807) is 17.5 Å². The minimum Gasteiger partial charge on any atom is -0.352 e. The van der Waals surface area contributed by atoms with Crippen LogP contribution in [0.2, 0.25) is 0 Å². The second-order valence-corrected chi connectivity index (χ2v) is 8.93. The van der Waals surface area contributed by atoms with E-state index in [-0.39, 0.29) is 17.7 Å². The van der Waals surface area contributed by atoms with Crippen molar-refractivity contribution in [3.63, 3.8) is 0 Å². The van der Waals surface area contributed by atoms with Crippen LogP contribution in [0, 0.1) is 5.92 Å². The zero-order valence-corrected chi connectivity index (χ0v) is 18.0. The number of benzene rings is 2. The molecule has 4 aromatic rings. The first-order valence-corrected chi connectivity index (χ1v) is 11.4. The van der Waals surface area contributed by atoms with Crippen LogP contribution in [0.4, 0.5) is 0 Å². The zero-order valence-electron chi connectivity index (χ0n) is 17.1. The Hall–Kier alpha value is -3.25. The van der Waals surface area contributed by atoms with Crippen molar-refractivity contribution in [2.24, 2.45) is 5.92 Å². The van der Waals surface area contributed by atoms with Crippen LogP contribution in [0.25, 0.3) is 10.2 Å². The van der Waals surface area contributed by atoms with Gasteiger partial charge in [0.25, 0.3) is 0 Å². The van der Waals surface area contributed by atoms with E-state index in [4.69, 9.17) is 4.98 Å². The molecule has 5 rings (SSSR count). The van der Waals surface area contributed by atoms with Crippen LogP contribution >= 0.6 is 11.3 Å². The summed E-state index contributed by atoms with van der Waals surface area (Å²) in [7, 11) is 0. The van der Waals surface area contributed by atoms with Crippen molar-refractivity contribution < 1.29 is 4.79 Å². The maximum Gasteiger partial charge on any atom is 0.224 e. The molecular weight excluding hydrogens is 404 g/mol. The van der Waals surface area contributed by atoms with Gasteiger partial charge in [0.1, 0.15) is 0 Å². The van der Waals surface area contributed by atoms with Gasteiger partial charge in [-0.3, -0.25) is 9.48 Å². The van der Waals surface area contributed by atoms with E-state index in [2.05, 4.69) is 40.8 Å². The van der Waals surface area contributed by atoms with Gasteiger partial charge in [-0.1, -0.05) is 48.6 Å². The summed E-state index contributed by atoms with van der Waals surface area (Å²) < 4.78 is 3.08. The number of carbonyl (C=O) groups is 1. The van der Waals surface area contributed by atoms with Gasteiger partial charge in [0, 0.05) is 24.9 Å². The predicted molar refractivity (Wildman–Crippen MR) is 124 cm³/mol. The lowest BCUT2D eigenvalue weighted by molar-refractivity contribution is -0.125. The van der Waals surface area contributed by atoms with Crippen molar-refractivity contribution in [1.82, 2.24) is 20.1 Å². The predicted octanol–water partition coefficient (Wildman–Crippen LogP) is 4.91. The highest BCUT2D eigenvalue weighted by atomic mass is 32.1. The molecule has 0 unspecified atom stereocenters. The summed E-state index contributed by atoms with van der Waals surface area (Å²) in [6.07, 6.45) is 9.64. The number of aromatic nitrogens is 3. The minimum absolute atomic E-state index is 0.0937. The molecule has 31 heavy (non-hydrogen) atoms. The molecule has 2 aromatic carbocycles. The Kier molecular flexibility index (Phi) is 5.63. The molecule has 5 nitrogen and oxygen atoms in total. The van der Waals surface area contributed by atoms with Crippen LogP contribution in [0.15, 0.2) is 79.1 Å². The monoisotopic (exact) mass is 428 g/mol. The van der Waals surface area contributed by atoms with E-state index in [0.717, 1.165) is 34.5 Å². The maximum atomic E-state index is 13.2. The van der Waals surface area contributed by atoms with Crippen LogP contribution in [-0.4, -0.2) is 20.7 Å². The molecule has 0 saturated heterocycles. The molecule has 0 saturated carbocycles. The Morgan fingerprint density at radius 1 is 1.03 bits per heavy atom. The van der Waals surface area contributed by atoms with Gasteiger partial charge < -0.3 is 5.32 Å². The Balaban J connectivity index is 1.31. The number of para-hydroxylation sites is 1. The lowest BCUT2D eigenvalue weighted by atomic mass is 9.82. The SMILES string of the molecule is O=C(NCc1ccccc1Cn1cccn1)[C@H]1CC=CC[C@@H]1c1nc2ccccc2s1. The zero-order chi connectivity index (χ0) is 21.0. The van der Waals surface area contributed by atoms with Crippen molar-refractivity contribution in [3.8, 4) is 0 Å². The van der Waals surface area contributed by atoms with Crippen LogP contribution < -0.4 is 5.32 Å². The average molecular weight is 429 g/mol. The summed E-state index contributed by atoms with van der Waals surface area (Å²) in [5.74, 6) is 0.132. The highest BCUT2D eigenvalue weighted by Gasteiger charge is 2.32. The molecule has 1 amide bonds. The lowest BCUT2D eigenvalue weighted by Gasteiger charge is -2.26. The first-order chi connectivity index (χ1) is 15.3. The van der Waals surface area contributed by atoms with Crippen LogP contribution in [0.5, 0.6) is 0 Å². The minimum atomic E-state index is -0.0937. The molecule has 1 N–H and O–H groups in total. The normalized spacial score (nSPS) is 18.3. The topological polar surface area (TPSA) is 59.8 Å². The summed E-state index contributed by atoms with van der Waals surface area (Å²) in [6.45, 7) is 1.21. The fraction of sp³-hybridized carbons (Fsp3) is 0.240. The van der Waals surface area contributed by atoms with E-state index in [1.165, 1.54) is 4.70 Å². The van der Waals surface area contributed by atoms with Gasteiger partial charge in [-0.15, -0.1) is 11.3 Å². The van der Waals surface area contributed by atoms with Crippen molar-refractivity contribution in [2.45, 2.75) is 31.8 Å². The molecular formula is C25H24N4OS. The molecule has 0 spiro atoms. The van der Waals surface area contributed by atoms with Crippen molar-refractivity contribution >= 4 is 27.5 Å². The molecule has 0 radical (unpaired) electrons. The molecule has 0 fully saturated rings. The van der Waals surface area contributed by atoms with Gasteiger partial charge in [-0.25, -0.2) is 4.98 Å². The number of nitrogens with one attached hydrogen (secondary N) is 1. The second kappa shape index (κ2) is 8.86. The molecule has 0 aliphatic heterocycles. The molecule has 2 atom stereocenters. The van der Waals surface area contributed by atoms with E-state index in [9.17, 15) is 4.79 Å². The van der Waals surface area contributed by atoms with Gasteiger partial charge in [0.15, 0.2) is 0 Å². The third-order valence-electron chi connectivity index (χ3n) is 5.86. The third-order valence-corrected chi connectivity index (χ3v) is 7.03. The van der Waals surface area contributed by atoms with Gasteiger partial charge in [-0.2, -0.15) is 5.10 Å². The van der Waals surface area contributed by atoms with Gasteiger partial charge >= 0.3 is 0 Å². The number of fused-ring (bicyclic) bond motifs is 1. The molecule has 1 aliphatic carbocycles. The number of hydrogen-bond acceptors (Lipinski definition) is 4. The van der Waals surface area contributed by atoms with E-state index in [0.29, 0.717) is 13.1 Å². The second-order valence-electron chi connectivity index (χ2n) is 7.87. The highest BCUT2D eigenvalue weighted by Crippen LogP contribution is 2.38. The fourth-order valence-corrected chi connectivity index (χ4v) is 5.34. The summed E-state index contributed by atoms with van der Waals surface area (Å²) >= 11 is 1.71. The Morgan fingerprint density at radius 2 is 1.84 bits per heavy atom. The number of amides is 1. The molecule has 156 valence electrons. The fourth-order valence-electron chi connectivity index (χ4n) is 4.19. The summed E-state index contributed by atoms with van der Waals surface area (Å²) in [5.41, 5.74) is 3.30. The van der Waals surface area contributed by atoms with Crippen LogP contribution in [0.3, 0.4) is 0 Å². The molecule has 6 heteroatoms. The number of hydrogen-bond donors (Lipinski definition) is 1. The molecule has 2 heterocycles. The van der Waals surface area contributed by atoms with Crippen LogP contribution in [-0.2, 0) is 17.9 Å². The van der Waals surface area contributed by atoms with Crippen LogP contribution in [0.1, 0.15) is 34.9 Å². The van der Waals surface area contributed by atoms with Crippen molar-refractivity contribution in [3.05, 3.63) is 95.3 Å². The first-order valence-electron chi connectivity index (χ1n) is 10.6. The van der Waals surface area contributed by atoms with E-state index < -0.39 is 0 Å². The molecule has 1 aliphatic rings. The molecule has 2 aromatic heterocycles. The smallest absolute Gasteiger partial charge is 0.224 e. The number of rotatable bonds is 6. The Bertz CT molecular complexity index is 1180. The third kappa shape index (κ3) is 4.30. The van der Waals surface area contributed by atoms with Crippen molar-refractivity contribution in [1.29, 1.82) is 0 Å². The Labute approximate surface area is 185 Å². The number of allylic oxidation sites excluding steroid dienone is 2. The maximum absolute atomic E-state index is 13.2. The summed E-state index contributed by atoms with van der Waals surface area (Å²) in [4.78, 5) is 18.1. The number of carbonyl (C=O) groups excluding carboxylic acids is 1. The van der Waals surface area contributed by atoms with E-state index in [1.807, 2.05) is 47.3 Å². The Morgan fingerprint density at radius 3 is 2.68 bits per heavy atom. The lowest BCUT2D eigenvalue weighted by Crippen LogP contribution is -2.34. The summed E-state index contributed by atoms with van der Waals surface area (Å²) in [6, 6.07) is 18.3. The quantitative estimate of drug-likeness (QED) is 0.444. The summed E-state index contributed by atoms with van der Waals surface area (Å²) in [5, 5.41) is 8.56. The number of thiazole rings is 1. The van der Waals surface area contributed by atoms with Gasteiger partial charge in [-0.05, 0) is 42.2 Å². The first kappa shape index (κ1) is 19.7. The average Bonchev–Trinajstić information content (AvgIpc) is 3.48. The van der Waals surface area contributed by atoms with Crippen molar-refractivity contribution in [2.75, 3.05) is 0 Å². The standard InChI is InChI=1S/C25H24N4OS/c30-24(26-16-18-8-1-2-9-19(18)17-29-15-7-14-27-29)20-10-3-4-11-21(20)25-28-22-12-5-6-13-23(22)31-25/h1-9,12-15,20-21H,10-11,16-17H2,(H,26,30)/t20-,21-/m0/s1. The van der Waals surface area contributed by atoms with Gasteiger partial charge in [0.05, 0.1) is 27.7 Å². The highest BCUT2D eigenvalue weighted by molar-refractivity contribution is 7.18. The van der Waals surface area contributed by atoms with Gasteiger partial charge in [0.2, 0.25) is 5.91 Å². The largest absolute Gasteiger partial charge is 0.352 e.